The molecule has 23 heavy (non-hydrogen) atoms. The summed E-state index contributed by atoms with van der Waals surface area (Å²) in [5.74, 6) is -0.585. The number of fused-ring (bicyclic) bond motifs is 1. The zero-order chi connectivity index (χ0) is 16.6. The summed E-state index contributed by atoms with van der Waals surface area (Å²) in [5, 5.41) is 0. The number of nitrogens with two attached hydrogens (primary N) is 1. The second kappa shape index (κ2) is 5.51. The molecule has 0 saturated heterocycles. The lowest BCUT2D eigenvalue weighted by Gasteiger charge is -2.10. The molecule has 0 saturated carbocycles. The number of nitrogens with zero attached hydrogens (tertiary/aromatic N) is 1. The molecule has 7 heteroatoms. The van der Waals surface area contributed by atoms with Crippen LogP contribution in [0.3, 0.4) is 0 Å². The molecule has 2 aromatic rings. The van der Waals surface area contributed by atoms with Crippen molar-refractivity contribution in [2.75, 3.05) is 7.11 Å². The van der Waals surface area contributed by atoms with Crippen LogP contribution < -0.4 is 10.5 Å². The van der Waals surface area contributed by atoms with E-state index in [0.29, 0.717) is 17.7 Å². The zero-order valence-electron chi connectivity index (χ0n) is 12.3. The van der Waals surface area contributed by atoms with Crippen LogP contribution in [0.5, 0.6) is 5.75 Å². The second-order valence-electron chi connectivity index (χ2n) is 5.12. The number of sulfone groups is 1. The Bertz CT molecular complexity index is 919. The fourth-order valence-electron chi connectivity index (χ4n) is 2.56. The number of pyridine rings is 1. The largest absolute Gasteiger partial charge is 0.496 e. The molecule has 0 bridgehead atoms. The van der Waals surface area contributed by atoms with Gasteiger partial charge >= 0.3 is 0 Å². The van der Waals surface area contributed by atoms with E-state index in [0.717, 1.165) is 11.1 Å². The molecule has 1 aromatic carbocycles. The van der Waals surface area contributed by atoms with Gasteiger partial charge in [-0.2, -0.15) is 0 Å². The number of aromatic nitrogens is 1. The van der Waals surface area contributed by atoms with Gasteiger partial charge in [-0.25, -0.2) is 8.42 Å². The van der Waals surface area contributed by atoms with Crippen LogP contribution in [0, 0.1) is 0 Å². The smallest absolute Gasteiger partial charge is 0.260 e. The van der Waals surface area contributed by atoms with Crippen LogP contribution in [-0.4, -0.2) is 26.4 Å². The standard InChI is InChI=1S/C16H14N2O4S/c1-22-13-6-11(5-10-3-2-4-18-9-10)7-14-12(13)8-15(16(17)19)23(14,20)21/h2-4,6-9H,5H2,1H3,(H2,17,19). The molecule has 0 unspecified atom stereocenters. The van der Waals surface area contributed by atoms with Gasteiger partial charge in [-0.05, 0) is 41.8 Å². The van der Waals surface area contributed by atoms with Crippen LogP contribution in [0.2, 0.25) is 0 Å². The van der Waals surface area contributed by atoms with E-state index in [1.807, 2.05) is 12.1 Å². The number of hydrogen-bond donors (Lipinski definition) is 1. The van der Waals surface area contributed by atoms with Crippen molar-refractivity contribution in [3.63, 3.8) is 0 Å². The number of rotatable bonds is 4. The molecule has 118 valence electrons. The molecular formula is C16H14N2O4S. The lowest BCUT2D eigenvalue weighted by atomic mass is 10.0. The van der Waals surface area contributed by atoms with Crippen LogP contribution in [0.1, 0.15) is 16.7 Å². The molecule has 1 amide bonds. The van der Waals surface area contributed by atoms with Gasteiger partial charge in [0.05, 0.1) is 12.0 Å². The highest BCUT2D eigenvalue weighted by molar-refractivity contribution is 7.96. The minimum absolute atomic E-state index is 0.0459. The Hall–Kier alpha value is -2.67. The number of ether oxygens (including phenoxy) is 1. The highest BCUT2D eigenvalue weighted by atomic mass is 32.2. The van der Waals surface area contributed by atoms with Gasteiger partial charge in [-0.1, -0.05) is 6.07 Å². The van der Waals surface area contributed by atoms with Gasteiger partial charge in [0, 0.05) is 18.0 Å². The summed E-state index contributed by atoms with van der Waals surface area (Å²) in [7, 11) is -2.45. The van der Waals surface area contributed by atoms with Crippen molar-refractivity contribution in [2.45, 2.75) is 11.3 Å². The highest BCUT2D eigenvalue weighted by Crippen LogP contribution is 2.39. The molecule has 0 radical (unpaired) electrons. The number of carbonyl (C=O) groups is 1. The first-order chi connectivity index (χ1) is 10.9. The monoisotopic (exact) mass is 330 g/mol. The Balaban J connectivity index is 2.11. The Morgan fingerprint density at radius 3 is 2.70 bits per heavy atom. The molecule has 2 heterocycles. The predicted octanol–water partition coefficient (Wildman–Crippen LogP) is 1.29. The maximum Gasteiger partial charge on any atom is 0.260 e. The van der Waals surface area contributed by atoms with Gasteiger partial charge in [-0.15, -0.1) is 0 Å². The average molecular weight is 330 g/mol. The normalized spacial score (nSPS) is 14.9. The first kappa shape index (κ1) is 15.2. The van der Waals surface area contributed by atoms with E-state index in [2.05, 4.69) is 4.98 Å². The van der Waals surface area contributed by atoms with Crippen molar-refractivity contribution in [2.24, 2.45) is 5.73 Å². The molecular weight excluding hydrogens is 316 g/mol. The Labute approximate surface area is 133 Å². The summed E-state index contributed by atoms with van der Waals surface area (Å²) in [6, 6.07) is 7.01. The van der Waals surface area contributed by atoms with Crippen molar-refractivity contribution >= 4 is 21.8 Å². The van der Waals surface area contributed by atoms with E-state index in [4.69, 9.17) is 10.5 Å². The molecule has 0 fully saturated rings. The van der Waals surface area contributed by atoms with Crippen LogP contribution in [0.4, 0.5) is 0 Å². The fraction of sp³-hybridized carbons (Fsp3) is 0.125. The number of amides is 1. The zero-order valence-corrected chi connectivity index (χ0v) is 13.1. The van der Waals surface area contributed by atoms with Crippen molar-refractivity contribution in [1.82, 2.24) is 4.98 Å². The highest BCUT2D eigenvalue weighted by Gasteiger charge is 2.35. The van der Waals surface area contributed by atoms with Crippen LogP contribution in [0.15, 0.2) is 46.5 Å². The van der Waals surface area contributed by atoms with Gasteiger partial charge in [-0.3, -0.25) is 9.78 Å². The number of primary amides is 1. The Morgan fingerprint density at radius 2 is 2.09 bits per heavy atom. The first-order valence-electron chi connectivity index (χ1n) is 6.80. The van der Waals surface area contributed by atoms with Crippen LogP contribution in [-0.2, 0) is 21.1 Å². The van der Waals surface area contributed by atoms with Crippen molar-refractivity contribution < 1.29 is 17.9 Å². The van der Waals surface area contributed by atoms with Gasteiger partial charge in [0.25, 0.3) is 5.91 Å². The summed E-state index contributed by atoms with van der Waals surface area (Å²) in [5.41, 5.74) is 7.21. The van der Waals surface area contributed by atoms with E-state index in [9.17, 15) is 13.2 Å². The molecule has 0 spiro atoms. The van der Waals surface area contributed by atoms with Gasteiger partial charge in [0.2, 0.25) is 9.84 Å². The Kier molecular flexibility index (Phi) is 3.65. The van der Waals surface area contributed by atoms with E-state index in [1.165, 1.54) is 13.2 Å². The van der Waals surface area contributed by atoms with Crippen LogP contribution >= 0.6 is 0 Å². The molecule has 2 N–H and O–H groups in total. The van der Waals surface area contributed by atoms with E-state index < -0.39 is 20.6 Å². The molecule has 6 nitrogen and oxygen atoms in total. The minimum atomic E-state index is -3.90. The number of methoxy groups -OCH3 is 1. The summed E-state index contributed by atoms with van der Waals surface area (Å²) in [6.07, 6.45) is 5.14. The fourth-order valence-corrected chi connectivity index (χ4v) is 4.09. The summed E-state index contributed by atoms with van der Waals surface area (Å²) < 4.78 is 30.2. The van der Waals surface area contributed by atoms with Gasteiger partial charge < -0.3 is 10.5 Å². The number of carbonyl (C=O) groups excluding carboxylic acids is 1. The lowest BCUT2D eigenvalue weighted by Crippen LogP contribution is -2.18. The molecule has 1 aliphatic rings. The molecule has 1 aliphatic heterocycles. The van der Waals surface area contributed by atoms with Crippen molar-refractivity contribution in [3.05, 3.63) is 58.3 Å². The molecule has 0 aliphatic carbocycles. The topological polar surface area (TPSA) is 99.3 Å². The quantitative estimate of drug-likeness (QED) is 0.911. The molecule has 0 atom stereocenters. The third-order valence-corrected chi connectivity index (χ3v) is 5.43. The summed E-state index contributed by atoms with van der Waals surface area (Å²) in [6.45, 7) is 0. The van der Waals surface area contributed by atoms with Crippen molar-refractivity contribution in [1.29, 1.82) is 0 Å². The third kappa shape index (κ3) is 2.59. The van der Waals surface area contributed by atoms with Gasteiger partial charge in [0.15, 0.2) is 0 Å². The van der Waals surface area contributed by atoms with Crippen molar-refractivity contribution in [3.8, 4) is 5.75 Å². The number of hydrogen-bond acceptors (Lipinski definition) is 5. The summed E-state index contributed by atoms with van der Waals surface area (Å²) >= 11 is 0. The lowest BCUT2D eigenvalue weighted by molar-refractivity contribution is -0.113. The Morgan fingerprint density at radius 1 is 1.30 bits per heavy atom. The third-order valence-electron chi connectivity index (χ3n) is 3.61. The number of benzene rings is 1. The molecule has 1 aromatic heterocycles. The van der Waals surface area contributed by atoms with Gasteiger partial charge in [0.1, 0.15) is 10.7 Å². The van der Waals surface area contributed by atoms with E-state index in [-0.39, 0.29) is 4.90 Å². The second-order valence-corrected chi connectivity index (χ2v) is 7.01. The SMILES string of the molecule is COc1cc(Cc2cccnc2)cc2c1C=C(C(N)=O)S2(=O)=O. The predicted molar refractivity (Wildman–Crippen MR) is 84.4 cm³/mol. The maximum atomic E-state index is 12.5. The molecule has 3 rings (SSSR count). The van der Waals surface area contributed by atoms with Crippen LogP contribution in [0.25, 0.3) is 6.08 Å². The maximum absolute atomic E-state index is 12.5. The first-order valence-corrected chi connectivity index (χ1v) is 8.28. The van der Waals surface area contributed by atoms with E-state index in [1.54, 1.807) is 24.5 Å². The average Bonchev–Trinajstić information content (AvgIpc) is 2.79. The van der Waals surface area contributed by atoms with E-state index >= 15 is 0 Å². The minimum Gasteiger partial charge on any atom is -0.496 e. The summed E-state index contributed by atoms with van der Waals surface area (Å²) in [4.78, 5) is 15.1.